The second kappa shape index (κ2) is 7.33. The van der Waals surface area contributed by atoms with Crippen LogP contribution in [0.5, 0.6) is 0 Å². The quantitative estimate of drug-likeness (QED) is 0.518. The zero-order chi connectivity index (χ0) is 15.9. The van der Waals surface area contributed by atoms with Crippen molar-refractivity contribution in [1.82, 2.24) is 5.43 Å². The summed E-state index contributed by atoms with van der Waals surface area (Å²) in [5.74, 6) is -2.35. The molecule has 0 spiro atoms. The van der Waals surface area contributed by atoms with Crippen molar-refractivity contribution in [2.24, 2.45) is 5.10 Å². The fourth-order valence-electron chi connectivity index (χ4n) is 1.51. The standard InChI is InChI=1S/C15H11ClFN3O2/c16-11-5-7-12(8-6-11)19-14(21)15(22)20-18-9-10-3-1-2-4-13(10)17/h1-9H,(H,19,21)(H,20,22)/b18-9-. The van der Waals surface area contributed by atoms with Gasteiger partial charge in [-0.1, -0.05) is 29.8 Å². The first kappa shape index (κ1) is 15.7. The van der Waals surface area contributed by atoms with Crippen LogP contribution in [0.15, 0.2) is 53.6 Å². The summed E-state index contributed by atoms with van der Waals surface area (Å²) in [5, 5.41) is 6.42. The molecule has 0 heterocycles. The molecule has 0 saturated heterocycles. The first-order valence-electron chi connectivity index (χ1n) is 6.21. The second-order valence-corrected chi connectivity index (χ2v) is 4.62. The minimum Gasteiger partial charge on any atom is -0.318 e. The van der Waals surface area contributed by atoms with Crippen LogP contribution < -0.4 is 10.7 Å². The number of carbonyl (C=O) groups is 2. The normalized spacial score (nSPS) is 10.5. The number of benzene rings is 2. The van der Waals surface area contributed by atoms with Crippen LogP contribution in [0.4, 0.5) is 10.1 Å². The van der Waals surface area contributed by atoms with Crippen molar-refractivity contribution in [3.63, 3.8) is 0 Å². The van der Waals surface area contributed by atoms with E-state index in [1.54, 1.807) is 30.3 Å². The summed E-state index contributed by atoms with van der Waals surface area (Å²) < 4.78 is 13.3. The molecular formula is C15H11ClFN3O2. The van der Waals surface area contributed by atoms with Gasteiger partial charge in [0.25, 0.3) is 0 Å². The lowest BCUT2D eigenvalue weighted by atomic mass is 10.2. The highest BCUT2D eigenvalue weighted by Gasteiger charge is 2.12. The first-order valence-corrected chi connectivity index (χ1v) is 6.58. The van der Waals surface area contributed by atoms with Crippen LogP contribution in [0.1, 0.15) is 5.56 Å². The number of halogens is 2. The van der Waals surface area contributed by atoms with E-state index in [1.165, 1.54) is 18.2 Å². The van der Waals surface area contributed by atoms with E-state index >= 15 is 0 Å². The van der Waals surface area contributed by atoms with Gasteiger partial charge >= 0.3 is 11.8 Å². The van der Waals surface area contributed by atoms with Gasteiger partial charge in [0.15, 0.2) is 0 Å². The van der Waals surface area contributed by atoms with E-state index < -0.39 is 17.6 Å². The van der Waals surface area contributed by atoms with Gasteiger partial charge in [-0.3, -0.25) is 9.59 Å². The largest absolute Gasteiger partial charge is 0.329 e. The third-order valence-electron chi connectivity index (χ3n) is 2.58. The van der Waals surface area contributed by atoms with Crippen LogP contribution in [0.25, 0.3) is 0 Å². The van der Waals surface area contributed by atoms with Gasteiger partial charge in [0, 0.05) is 16.3 Å². The molecule has 0 aliphatic rings. The number of anilines is 1. The summed E-state index contributed by atoms with van der Waals surface area (Å²) >= 11 is 5.71. The van der Waals surface area contributed by atoms with Crippen molar-refractivity contribution < 1.29 is 14.0 Å². The molecule has 0 atom stereocenters. The number of hydrogen-bond acceptors (Lipinski definition) is 3. The van der Waals surface area contributed by atoms with Crippen LogP contribution >= 0.6 is 11.6 Å². The fourth-order valence-corrected chi connectivity index (χ4v) is 1.64. The molecule has 2 N–H and O–H groups in total. The number of hydrazone groups is 1. The third-order valence-corrected chi connectivity index (χ3v) is 2.84. The fraction of sp³-hybridized carbons (Fsp3) is 0. The highest BCUT2D eigenvalue weighted by atomic mass is 35.5. The molecule has 2 aromatic carbocycles. The summed E-state index contributed by atoms with van der Waals surface area (Å²) in [4.78, 5) is 23.1. The second-order valence-electron chi connectivity index (χ2n) is 4.18. The third kappa shape index (κ3) is 4.39. The maximum atomic E-state index is 13.3. The minimum absolute atomic E-state index is 0.195. The Hall–Kier alpha value is -2.73. The molecule has 0 bridgehead atoms. The molecule has 22 heavy (non-hydrogen) atoms. The summed E-state index contributed by atoms with van der Waals surface area (Å²) in [6, 6.07) is 12.2. The Balaban J connectivity index is 1.90. The van der Waals surface area contributed by atoms with Crippen molar-refractivity contribution in [3.8, 4) is 0 Å². The molecular weight excluding hydrogens is 309 g/mol. The van der Waals surface area contributed by atoms with E-state index in [9.17, 15) is 14.0 Å². The van der Waals surface area contributed by atoms with Gasteiger partial charge in [-0.25, -0.2) is 9.82 Å². The van der Waals surface area contributed by atoms with Crippen LogP contribution in [-0.2, 0) is 9.59 Å². The van der Waals surface area contributed by atoms with E-state index in [0.29, 0.717) is 10.7 Å². The Bertz CT molecular complexity index is 717. The lowest BCUT2D eigenvalue weighted by molar-refractivity contribution is -0.136. The molecule has 0 aliphatic heterocycles. The summed E-state index contributed by atoms with van der Waals surface area (Å²) in [6.07, 6.45) is 1.11. The highest BCUT2D eigenvalue weighted by molar-refractivity contribution is 6.39. The first-order chi connectivity index (χ1) is 10.6. The van der Waals surface area contributed by atoms with Gasteiger partial charge < -0.3 is 5.32 Å². The predicted molar refractivity (Wildman–Crippen MR) is 82.2 cm³/mol. The average molecular weight is 320 g/mol. The molecule has 5 nitrogen and oxygen atoms in total. The van der Waals surface area contributed by atoms with Crippen LogP contribution in [0.3, 0.4) is 0 Å². The molecule has 0 radical (unpaired) electrons. The number of hydrogen-bond donors (Lipinski definition) is 2. The summed E-state index contributed by atoms with van der Waals surface area (Å²) in [6.45, 7) is 0. The van der Waals surface area contributed by atoms with Gasteiger partial charge in [-0.15, -0.1) is 0 Å². The number of nitrogens with zero attached hydrogens (tertiary/aromatic N) is 1. The molecule has 2 aromatic rings. The molecule has 0 aliphatic carbocycles. The number of carbonyl (C=O) groups excluding carboxylic acids is 2. The van der Waals surface area contributed by atoms with E-state index in [2.05, 4.69) is 10.4 Å². The molecule has 2 amide bonds. The maximum absolute atomic E-state index is 13.3. The Morgan fingerprint density at radius 1 is 1.05 bits per heavy atom. The molecule has 0 unspecified atom stereocenters. The van der Waals surface area contributed by atoms with E-state index in [4.69, 9.17) is 11.6 Å². The van der Waals surface area contributed by atoms with Crippen LogP contribution in [0.2, 0.25) is 5.02 Å². The Kier molecular flexibility index (Phi) is 5.21. The monoisotopic (exact) mass is 319 g/mol. The molecule has 0 aromatic heterocycles. The Labute approximate surface area is 130 Å². The summed E-state index contributed by atoms with van der Waals surface area (Å²) in [7, 11) is 0. The minimum atomic E-state index is -0.970. The van der Waals surface area contributed by atoms with Gasteiger partial charge in [0.2, 0.25) is 0 Å². The molecule has 2 rings (SSSR count). The van der Waals surface area contributed by atoms with Gasteiger partial charge in [-0.2, -0.15) is 5.10 Å². The number of rotatable bonds is 3. The molecule has 7 heteroatoms. The van der Waals surface area contributed by atoms with E-state index in [0.717, 1.165) is 6.21 Å². The zero-order valence-corrected chi connectivity index (χ0v) is 12.0. The lowest BCUT2D eigenvalue weighted by Crippen LogP contribution is -2.32. The van der Waals surface area contributed by atoms with Crippen molar-refractivity contribution >= 4 is 35.3 Å². The zero-order valence-electron chi connectivity index (χ0n) is 11.2. The smallest absolute Gasteiger partial charge is 0.318 e. The van der Waals surface area contributed by atoms with Gasteiger partial charge in [0.1, 0.15) is 5.82 Å². The van der Waals surface area contributed by atoms with Gasteiger partial charge in [0.05, 0.1) is 6.21 Å². The van der Waals surface area contributed by atoms with Crippen molar-refractivity contribution in [2.45, 2.75) is 0 Å². The average Bonchev–Trinajstić information content (AvgIpc) is 2.51. The predicted octanol–water partition coefficient (Wildman–Crippen LogP) is 2.57. The van der Waals surface area contributed by atoms with Crippen molar-refractivity contribution in [3.05, 3.63) is 64.9 Å². The Morgan fingerprint density at radius 3 is 2.41 bits per heavy atom. The van der Waals surface area contributed by atoms with E-state index in [1.807, 2.05) is 5.43 Å². The highest BCUT2D eigenvalue weighted by Crippen LogP contribution is 2.13. The lowest BCUT2D eigenvalue weighted by Gasteiger charge is -2.03. The van der Waals surface area contributed by atoms with Crippen molar-refractivity contribution in [1.29, 1.82) is 0 Å². The summed E-state index contributed by atoms with van der Waals surface area (Å²) in [5.41, 5.74) is 2.63. The molecule has 0 saturated carbocycles. The SMILES string of the molecule is O=C(N/N=C\c1ccccc1F)C(=O)Nc1ccc(Cl)cc1. The molecule has 0 fully saturated rings. The topological polar surface area (TPSA) is 70.6 Å². The Morgan fingerprint density at radius 2 is 1.73 bits per heavy atom. The van der Waals surface area contributed by atoms with Crippen molar-refractivity contribution in [2.75, 3.05) is 5.32 Å². The van der Waals surface area contributed by atoms with Gasteiger partial charge in [-0.05, 0) is 30.3 Å². The number of amides is 2. The van der Waals surface area contributed by atoms with E-state index in [-0.39, 0.29) is 5.56 Å². The molecule has 112 valence electrons. The van der Waals surface area contributed by atoms with Crippen LogP contribution in [0, 0.1) is 5.82 Å². The maximum Gasteiger partial charge on any atom is 0.329 e. The van der Waals surface area contributed by atoms with Crippen LogP contribution in [-0.4, -0.2) is 18.0 Å². The number of nitrogens with one attached hydrogen (secondary N) is 2.